The van der Waals surface area contributed by atoms with Gasteiger partial charge in [0.05, 0.1) is 11.9 Å². The van der Waals surface area contributed by atoms with E-state index < -0.39 is 5.97 Å². The standard InChI is InChI=1S/C18H23N5O4/c1-3-22(4-2)17(25)10-6-9-16(24)19-13-7-5-8-14(11-13)23-12-15(18(26)27)20-21-23/h5,7-8,11-12H,3-4,6,9-10H2,1-2H3,(H,19,24)(H,26,27). The summed E-state index contributed by atoms with van der Waals surface area (Å²) in [4.78, 5) is 36.7. The van der Waals surface area contributed by atoms with Gasteiger partial charge in [-0.2, -0.15) is 0 Å². The molecule has 0 aliphatic carbocycles. The van der Waals surface area contributed by atoms with Crippen molar-refractivity contribution in [1.82, 2.24) is 19.9 Å². The lowest BCUT2D eigenvalue weighted by atomic mass is 10.2. The molecule has 0 aliphatic rings. The molecule has 0 saturated heterocycles. The number of carboxylic acids is 1. The third-order valence-electron chi connectivity index (χ3n) is 4.02. The van der Waals surface area contributed by atoms with E-state index in [0.29, 0.717) is 37.3 Å². The molecule has 1 aromatic carbocycles. The second-order valence-electron chi connectivity index (χ2n) is 5.87. The van der Waals surface area contributed by atoms with E-state index in [0.717, 1.165) is 0 Å². The molecule has 2 aromatic rings. The molecule has 0 unspecified atom stereocenters. The van der Waals surface area contributed by atoms with Crippen molar-refractivity contribution < 1.29 is 19.5 Å². The molecule has 0 radical (unpaired) electrons. The average molecular weight is 373 g/mol. The maximum absolute atomic E-state index is 12.1. The van der Waals surface area contributed by atoms with Gasteiger partial charge < -0.3 is 15.3 Å². The monoisotopic (exact) mass is 373 g/mol. The van der Waals surface area contributed by atoms with Crippen LogP contribution in [-0.2, 0) is 9.59 Å². The van der Waals surface area contributed by atoms with Crippen LogP contribution in [-0.4, -0.2) is 55.9 Å². The first-order valence-electron chi connectivity index (χ1n) is 8.78. The van der Waals surface area contributed by atoms with Crippen molar-refractivity contribution in [2.24, 2.45) is 0 Å². The lowest BCUT2D eigenvalue weighted by Gasteiger charge is -2.18. The number of carbonyl (C=O) groups is 3. The first-order chi connectivity index (χ1) is 12.9. The third kappa shape index (κ3) is 5.63. The summed E-state index contributed by atoms with van der Waals surface area (Å²) in [5, 5.41) is 19.0. The van der Waals surface area contributed by atoms with Gasteiger partial charge in [0.1, 0.15) is 0 Å². The lowest BCUT2D eigenvalue weighted by Crippen LogP contribution is -2.30. The Balaban J connectivity index is 1.90. The first kappa shape index (κ1) is 20.1. The Morgan fingerprint density at radius 3 is 2.56 bits per heavy atom. The van der Waals surface area contributed by atoms with Crippen LogP contribution in [0.5, 0.6) is 0 Å². The van der Waals surface area contributed by atoms with E-state index in [4.69, 9.17) is 5.11 Å². The number of hydrogen-bond acceptors (Lipinski definition) is 5. The minimum Gasteiger partial charge on any atom is -0.476 e. The van der Waals surface area contributed by atoms with Crippen molar-refractivity contribution in [1.29, 1.82) is 0 Å². The topological polar surface area (TPSA) is 117 Å². The highest BCUT2D eigenvalue weighted by Gasteiger charge is 2.12. The minimum atomic E-state index is -1.16. The highest BCUT2D eigenvalue weighted by Crippen LogP contribution is 2.15. The summed E-state index contributed by atoms with van der Waals surface area (Å²) in [6.45, 7) is 5.19. The second kappa shape index (κ2) is 9.46. The predicted octanol–water partition coefficient (Wildman–Crippen LogP) is 1.94. The molecule has 0 atom stereocenters. The summed E-state index contributed by atoms with van der Waals surface area (Å²) < 4.78 is 1.32. The number of aromatic carboxylic acids is 1. The Kier molecular flexibility index (Phi) is 7.04. The maximum atomic E-state index is 12.1. The van der Waals surface area contributed by atoms with E-state index >= 15 is 0 Å². The van der Waals surface area contributed by atoms with Crippen LogP contribution in [0.15, 0.2) is 30.5 Å². The number of carbonyl (C=O) groups excluding carboxylic acids is 2. The summed E-state index contributed by atoms with van der Waals surface area (Å²) in [6.07, 6.45) is 2.35. The van der Waals surface area contributed by atoms with Crippen molar-refractivity contribution in [3.63, 3.8) is 0 Å². The van der Waals surface area contributed by atoms with Crippen molar-refractivity contribution in [3.05, 3.63) is 36.2 Å². The van der Waals surface area contributed by atoms with Crippen molar-refractivity contribution >= 4 is 23.5 Å². The fourth-order valence-electron chi connectivity index (χ4n) is 2.57. The molecule has 0 bridgehead atoms. The fourth-order valence-corrected chi connectivity index (χ4v) is 2.57. The summed E-state index contributed by atoms with van der Waals surface area (Å²) in [6, 6.07) is 6.83. The van der Waals surface area contributed by atoms with Crippen LogP contribution < -0.4 is 5.32 Å². The van der Waals surface area contributed by atoms with Crippen LogP contribution in [0.4, 0.5) is 5.69 Å². The quantitative estimate of drug-likeness (QED) is 0.694. The minimum absolute atomic E-state index is 0.0511. The first-order valence-corrected chi connectivity index (χ1v) is 8.78. The molecule has 0 saturated carbocycles. The summed E-state index contributed by atoms with van der Waals surface area (Å²) >= 11 is 0. The van der Waals surface area contributed by atoms with Gasteiger partial charge in [0, 0.05) is 31.6 Å². The van der Waals surface area contributed by atoms with E-state index in [1.54, 1.807) is 29.2 Å². The molecule has 0 aliphatic heterocycles. The van der Waals surface area contributed by atoms with Crippen molar-refractivity contribution in [2.75, 3.05) is 18.4 Å². The van der Waals surface area contributed by atoms with E-state index in [1.807, 2.05) is 13.8 Å². The average Bonchev–Trinajstić information content (AvgIpc) is 3.13. The molecule has 27 heavy (non-hydrogen) atoms. The molecule has 1 heterocycles. The van der Waals surface area contributed by atoms with Crippen LogP contribution >= 0.6 is 0 Å². The van der Waals surface area contributed by atoms with Gasteiger partial charge in [0.2, 0.25) is 11.8 Å². The van der Waals surface area contributed by atoms with E-state index in [2.05, 4.69) is 15.6 Å². The van der Waals surface area contributed by atoms with Crippen molar-refractivity contribution in [3.8, 4) is 5.69 Å². The van der Waals surface area contributed by atoms with Gasteiger partial charge in [0.25, 0.3) is 0 Å². The van der Waals surface area contributed by atoms with Crippen LogP contribution in [0.25, 0.3) is 5.69 Å². The second-order valence-corrected chi connectivity index (χ2v) is 5.87. The SMILES string of the molecule is CCN(CC)C(=O)CCCC(=O)Nc1cccc(-n2cc(C(=O)O)nn2)c1. The number of carboxylic acid groups (broad SMARTS) is 1. The molecule has 0 spiro atoms. The van der Waals surface area contributed by atoms with Crippen LogP contribution in [0.1, 0.15) is 43.6 Å². The molecule has 1 aromatic heterocycles. The highest BCUT2D eigenvalue weighted by molar-refractivity contribution is 5.91. The van der Waals surface area contributed by atoms with E-state index in [-0.39, 0.29) is 23.9 Å². The fraction of sp³-hybridized carbons (Fsp3) is 0.389. The molecule has 2 rings (SSSR count). The normalized spacial score (nSPS) is 10.4. The van der Waals surface area contributed by atoms with E-state index in [1.165, 1.54) is 10.9 Å². The molecule has 0 fully saturated rings. The van der Waals surface area contributed by atoms with Gasteiger partial charge in [0.15, 0.2) is 5.69 Å². The number of nitrogens with one attached hydrogen (secondary N) is 1. The Labute approximate surface area is 157 Å². The van der Waals surface area contributed by atoms with Gasteiger partial charge in [-0.1, -0.05) is 11.3 Å². The summed E-state index contributed by atoms with van der Waals surface area (Å²) in [7, 11) is 0. The molecule has 144 valence electrons. The molecule has 9 nitrogen and oxygen atoms in total. The van der Waals surface area contributed by atoms with Crippen LogP contribution in [0.3, 0.4) is 0 Å². The zero-order chi connectivity index (χ0) is 19.8. The van der Waals surface area contributed by atoms with Gasteiger partial charge in [-0.3, -0.25) is 9.59 Å². The summed E-state index contributed by atoms with van der Waals surface area (Å²) in [5.74, 6) is -1.30. The molecule has 9 heteroatoms. The Bertz CT molecular complexity index is 814. The zero-order valence-electron chi connectivity index (χ0n) is 15.4. The maximum Gasteiger partial charge on any atom is 0.358 e. The Morgan fingerprint density at radius 1 is 1.19 bits per heavy atom. The smallest absolute Gasteiger partial charge is 0.358 e. The molecular formula is C18H23N5O4. The predicted molar refractivity (Wildman–Crippen MR) is 98.7 cm³/mol. The Morgan fingerprint density at radius 2 is 1.93 bits per heavy atom. The number of aromatic nitrogens is 3. The summed E-state index contributed by atoms with van der Waals surface area (Å²) in [5.41, 5.74) is 0.965. The van der Waals surface area contributed by atoms with Crippen molar-refractivity contribution in [2.45, 2.75) is 33.1 Å². The van der Waals surface area contributed by atoms with Crippen LogP contribution in [0.2, 0.25) is 0 Å². The highest BCUT2D eigenvalue weighted by atomic mass is 16.4. The van der Waals surface area contributed by atoms with Gasteiger partial charge in [-0.05, 0) is 38.5 Å². The van der Waals surface area contributed by atoms with Crippen LogP contribution in [0, 0.1) is 0 Å². The largest absolute Gasteiger partial charge is 0.476 e. The lowest BCUT2D eigenvalue weighted by molar-refractivity contribution is -0.131. The number of nitrogens with zero attached hydrogens (tertiary/aromatic N) is 4. The Hall–Kier alpha value is -3.23. The van der Waals surface area contributed by atoms with Gasteiger partial charge >= 0.3 is 5.97 Å². The number of rotatable bonds is 9. The van der Waals surface area contributed by atoms with E-state index in [9.17, 15) is 14.4 Å². The number of amides is 2. The van der Waals surface area contributed by atoms with Gasteiger partial charge in [-0.25, -0.2) is 9.48 Å². The number of hydrogen-bond donors (Lipinski definition) is 2. The number of benzene rings is 1. The zero-order valence-corrected chi connectivity index (χ0v) is 15.4. The third-order valence-corrected chi connectivity index (χ3v) is 4.02. The molecule has 2 N–H and O–H groups in total. The van der Waals surface area contributed by atoms with Gasteiger partial charge in [-0.15, -0.1) is 5.10 Å². The number of anilines is 1. The molecule has 2 amide bonds. The molecular weight excluding hydrogens is 350 g/mol.